The molecule has 0 aliphatic carbocycles. The van der Waals surface area contributed by atoms with Gasteiger partial charge in [-0.1, -0.05) is 52.0 Å². The molecular formula is C13H12BrNO2S2. The first-order valence-corrected chi connectivity index (χ1v) is 7.63. The molecule has 1 aliphatic rings. The van der Waals surface area contributed by atoms with Crippen LogP contribution in [0.1, 0.15) is 5.56 Å². The molecule has 0 aromatic heterocycles. The van der Waals surface area contributed by atoms with Crippen LogP contribution in [0.5, 0.6) is 0 Å². The largest absolute Gasteiger partial charge is 0.383 e. The standard InChI is InChI=1S/C13H12BrNO2S2/c1-17-7-6-15-12(16)11(19-13(15)18)8-9-2-4-10(14)5-3-9/h2-5,8H,6-7H2,1H3/b11-8+. The van der Waals surface area contributed by atoms with Crippen molar-refractivity contribution in [3.63, 3.8) is 0 Å². The number of carbonyl (C=O) groups excluding carboxylic acids is 1. The van der Waals surface area contributed by atoms with Gasteiger partial charge in [-0.25, -0.2) is 0 Å². The number of rotatable bonds is 4. The third-order valence-electron chi connectivity index (χ3n) is 2.56. The van der Waals surface area contributed by atoms with Gasteiger partial charge >= 0.3 is 0 Å². The van der Waals surface area contributed by atoms with Crippen LogP contribution in [0.2, 0.25) is 0 Å². The minimum Gasteiger partial charge on any atom is -0.383 e. The van der Waals surface area contributed by atoms with Crippen molar-refractivity contribution in [2.45, 2.75) is 0 Å². The van der Waals surface area contributed by atoms with Gasteiger partial charge in [0.15, 0.2) is 0 Å². The van der Waals surface area contributed by atoms with Gasteiger partial charge in [-0.05, 0) is 23.8 Å². The Hall–Kier alpha value is -0.690. The van der Waals surface area contributed by atoms with Crippen LogP contribution in [0.15, 0.2) is 33.6 Å². The smallest absolute Gasteiger partial charge is 0.266 e. The molecule has 1 aromatic carbocycles. The Kier molecular flexibility index (Phi) is 5.15. The molecule has 19 heavy (non-hydrogen) atoms. The van der Waals surface area contributed by atoms with E-state index in [4.69, 9.17) is 17.0 Å². The summed E-state index contributed by atoms with van der Waals surface area (Å²) in [7, 11) is 1.61. The topological polar surface area (TPSA) is 29.5 Å². The highest BCUT2D eigenvalue weighted by Crippen LogP contribution is 2.32. The molecule has 0 N–H and O–H groups in total. The minimum absolute atomic E-state index is 0.0463. The van der Waals surface area contributed by atoms with Crippen molar-refractivity contribution in [1.29, 1.82) is 0 Å². The van der Waals surface area contributed by atoms with Gasteiger partial charge in [-0.15, -0.1) is 0 Å². The molecule has 3 nitrogen and oxygen atoms in total. The molecular weight excluding hydrogens is 346 g/mol. The monoisotopic (exact) mass is 357 g/mol. The van der Waals surface area contributed by atoms with Crippen molar-refractivity contribution in [3.8, 4) is 0 Å². The second kappa shape index (κ2) is 6.65. The van der Waals surface area contributed by atoms with Crippen LogP contribution in [-0.2, 0) is 9.53 Å². The molecule has 2 rings (SSSR count). The summed E-state index contributed by atoms with van der Waals surface area (Å²) in [5.41, 5.74) is 0.982. The van der Waals surface area contributed by atoms with Gasteiger partial charge in [0.05, 0.1) is 18.1 Å². The maximum atomic E-state index is 12.2. The molecule has 0 spiro atoms. The highest BCUT2D eigenvalue weighted by molar-refractivity contribution is 9.10. The number of thioether (sulfide) groups is 1. The van der Waals surface area contributed by atoms with Crippen molar-refractivity contribution in [1.82, 2.24) is 4.90 Å². The summed E-state index contributed by atoms with van der Waals surface area (Å²) in [5, 5.41) is 0. The Bertz CT molecular complexity index is 528. The highest BCUT2D eigenvalue weighted by Gasteiger charge is 2.31. The first-order chi connectivity index (χ1) is 9.11. The van der Waals surface area contributed by atoms with Crippen LogP contribution in [0, 0.1) is 0 Å². The lowest BCUT2D eigenvalue weighted by Gasteiger charge is -2.12. The zero-order valence-electron chi connectivity index (χ0n) is 10.3. The summed E-state index contributed by atoms with van der Waals surface area (Å²) in [6, 6.07) is 7.78. The van der Waals surface area contributed by atoms with Crippen LogP contribution < -0.4 is 0 Å². The fraction of sp³-hybridized carbons (Fsp3) is 0.231. The molecule has 6 heteroatoms. The van der Waals surface area contributed by atoms with Gasteiger partial charge in [-0.3, -0.25) is 9.69 Å². The maximum absolute atomic E-state index is 12.2. The van der Waals surface area contributed by atoms with Crippen LogP contribution in [0.25, 0.3) is 6.08 Å². The fourth-order valence-corrected chi connectivity index (χ4v) is 3.16. The molecule has 100 valence electrons. The molecule has 1 amide bonds. The Morgan fingerprint density at radius 2 is 2.11 bits per heavy atom. The van der Waals surface area contributed by atoms with Gasteiger partial charge in [-0.2, -0.15) is 0 Å². The van der Waals surface area contributed by atoms with Crippen molar-refractivity contribution >= 4 is 56.2 Å². The lowest BCUT2D eigenvalue weighted by molar-refractivity contribution is -0.122. The predicted octanol–water partition coefficient (Wildman–Crippen LogP) is 3.30. The molecule has 1 heterocycles. The normalized spacial score (nSPS) is 17.6. The Morgan fingerprint density at radius 1 is 1.42 bits per heavy atom. The van der Waals surface area contributed by atoms with Crippen molar-refractivity contribution in [3.05, 3.63) is 39.2 Å². The summed E-state index contributed by atoms with van der Waals surface area (Å²) in [4.78, 5) is 14.4. The Balaban J connectivity index is 2.16. The van der Waals surface area contributed by atoms with E-state index in [0.29, 0.717) is 22.4 Å². The van der Waals surface area contributed by atoms with E-state index < -0.39 is 0 Å². The third kappa shape index (κ3) is 3.66. The average Bonchev–Trinajstić information content (AvgIpc) is 2.65. The molecule has 1 saturated heterocycles. The fourth-order valence-electron chi connectivity index (χ4n) is 1.59. The molecule has 0 saturated carbocycles. The lowest BCUT2D eigenvalue weighted by atomic mass is 10.2. The molecule has 1 aliphatic heterocycles. The summed E-state index contributed by atoms with van der Waals surface area (Å²) in [6.07, 6.45) is 1.86. The van der Waals surface area contributed by atoms with Gasteiger partial charge in [0, 0.05) is 11.6 Å². The molecule has 0 bridgehead atoms. The second-order valence-corrected chi connectivity index (χ2v) is 6.47. The predicted molar refractivity (Wildman–Crippen MR) is 85.9 cm³/mol. The summed E-state index contributed by atoms with van der Waals surface area (Å²) in [5.74, 6) is -0.0463. The number of hydrogen-bond donors (Lipinski definition) is 0. The molecule has 1 fully saturated rings. The first kappa shape index (κ1) is 14.7. The summed E-state index contributed by atoms with van der Waals surface area (Å²) >= 11 is 9.92. The first-order valence-electron chi connectivity index (χ1n) is 5.61. The van der Waals surface area contributed by atoms with E-state index in [2.05, 4.69) is 15.9 Å². The van der Waals surface area contributed by atoms with Crippen molar-refractivity contribution < 1.29 is 9.53 Å². The minimum atomic E-state index is -0.0463. The average molecular weight is 358 g/mol. The van der Waals surface area contributed by atoms with Crippen LogP contribution in [0.4, 0.5) is 0 Å². The van der Waals surface area contributed by atoms with E-state index >= 15 is 0 Å². The van der Waals surface area contributed by atoms with E-state index in [1.165, 1.54) is 11.8 Å². The Labute approximate surface area is 130 Å². The number of halogens is 1. The van der Waals surface area contributed by atoms with E-state index in [0.717, 1.165) is 10.0 Å². The van der Waals surface area contributed by atoms with Gasteiger partial charge in [0.2, 0.25) is 0 Å². The van der Waals surface area contributed by atoms with E-state index in [-0.39, 0.29) is 5.91 Å². The van der Waals surface area contributed by atoms with Crippen molar-refractivity contribution in [2.75, 3.05) is 20.3 Å². The van der Waals surface area contributed by atoms with Gasteiger partial charge < -0.3 is 4.74 Å². The number of methoxy groups -OCH3 is 1. The molecule has 1 aromatic rings. The summed E-state index contributed by atoms with van der Waals surface area (Å²) in [6.45, 7) is 0.983. The third-order valence-corrected chi connectivity index (χ3v) is 4.47. The van der Waals surface area contributed by atoms with Crippen LogP contribution in [-0.4, -0.2) is 35.4 Å². The number of benzene rings is 1. The number of amides is 1. The number of thiocarbonyl (C=S) groups is 1. The van der Waals surface area contributed by atoms with Crippen molar-refractivity contribution in [2.24, 2.45) is 0 Å². The van der Waals surface area contributed by atoms with E-state index in [9.17, 15) is 4.79 Å². The number of nitrogens with zero attached hydrogens (tertiary/aromatic N) is 1. The van der Waals surface area contributed by atoms with Gasteiger partial charge in [0.25, 0.3) is 5.91 Å². The van der Waals surface area contributed by atoms with Gasteiger partial charge in [0.1, 0.15) is 4.32 Å². The molecule has 0 atom stereocenters. The van der Waals surface area contributed by atoms with E-state index in [1.54, 1.807) is 12.0 Å². The second-order valence-electron chi connectivity index (χ2n) is 3.88. The van der Waals surface area contributed by atoms with Crippen LogP contribution in [0.3, 0.4) is 0 Å². The lowest BCUT2D eigenvalue weighted by Crippen LogP contribution is -2.31. The van der Waals surface area contributed by atoms with E-state index in [1.807, 2.05) is 30.3 Å². The zero-order valence-corrected chi connectivity index (χ0v) is 13.5. The number of ether oxygens (including phenoxy) is 1. The summed E-state index contributed by atoms with van der Waals surface area (Å²) < 4.78 is 6.58. The molecule has 0 radical (unpaired) electrons. The number of hydrogen-bond acceptors (Lipinski definition) is 4. The maximum Gasteiger partial charge on any atom is 0.266 e. The molecule has 0 unspecified atom stereocenters. The zero-order chi connectivity index (χ0) is 13.8. The van der Waals surface area contributed by atoms with Crippen LogP contribution >= 0.6 is 39.9 Å². The Morgan fingerprint density at radius 3 is 2.74 bits per heavy atom. The quantitative estimate of drug-likeness (QED) is 0.610. The number of carbonyl (C=O) groups is 1. The highest BCUT2D eigenvalue weighted by atomic mass is 79.9. The SMILES string of the molecule is COCCN1C(=O)/C(=C\c2ccc(Br)cc2)SC1=S.